The molecule has 40 heavy (non-hydrogen) atoms. The van der Waals surface area contributed by atoms with Gasteiger partial charge in [0.15, 0.2) is 5.78 Å². The molecule has 6 aromatic rings. The van der Waals surface area contributed by atoms with Gasteiger partial charge in [0.1, 0.15) is 5.75 Å². The van der Waals surface area contributed by atoms with Crippen LogP contribution in [0.25, 0.3) is 44.1 Å². The normalized spacial score (nSPS) is 10.9. The van der Waals surface area contributed by atoms with E-state index in [9.17, 15) is 4.79 Å². The molecule has 5 nitrogen and oxygen atoms in total. The summed E-state index contributed by atoms with van der Waals surface area (Å²) < 4.78 is 6.22. The van der Waals surface area contributed by atoms with Crippen molar-refractivity contribution in [2.75, 3.05) is 0 Å². The molecule has 0 saturated carbocycles. The molecule has 6 heteroatoms. The van der Waals surface area contributed by atoms with E-state index in [1.807, 2.05) is 19.2 Å². The fourth-order valence-corrected chi connectivity index (χ4v) is 4.89. The number of benzene rings is 3. The van der Waals surface area contributed by atoms with Crippen LogP contribution < -0.4 is 0 Å². The number of carbonyl (C=O) groups excluding carboxylic acids is 1. The van der Waals surface area contributed by atoms with Crippen molar-refractivity contribution in [3.05, 3.63) is 101 Å². The van der Waals surface area contributed by atoms with Gasteiger partial charge < -0.3 is 14.5 Å². The number of hydrogen-bond acceptors (Lipinski definition) is 5. The second-order valence-corrected chi connectivity index (χ2v) is 10.4. The Kier molecular flexibility index (Phi) is 8.82. The Hall–Kier alpha value is -3.86. The maximum atomic E-state index is 10.7. The summed E-state index contributed by atoms with van der Waals surface area (Å²) in [6.07, 6.45) is 2.95. The first-order valence-corrected chi connectivity index (χ1v) is 13.1. The molecule has 0 atom stereocenters. The number of carbonyl (C=O) groups is 1. The molecular formula is C34H31IrN2O3-. The van der Waals surface area contributed by atoms with Gasteiger partial charge in [-0.05, 0) is 78.5 Å². The molecule has 205 valence electrons. The Bertz CT molecular complexity index is 1840. The van der Waals surface area contributed by atoms with E-state index >= 15 is 0 Å². The topological polar surface area (TPSA) is 76.2 Å². The van der Waals surface area contributed by atoms with Gasteiger partial charge in [0.2, 0.25) is 5.71 Å². The average molecular weight is 708 g/mol. The number of furan rings is 1. The van der Waals surface area contributed by atoms with Crippen LogP contribution in [0.15, 0.2) is 77.3 Å². The number of pyridine rings is 2. The zero-order valence-electron chi connectivity index (χ0n) is 23.2. The van der Waals surface area contributed by atoms with Crippen LogP contribution in [0.4, 0.5) is 0 Å². The van der Waals surface area contributed by atoms with Gasteiger partial charge in [0, 0.05) is 37.4 Å². The van der Waals surface area contributed by atoms with Gasteiger partial charge in [-0.1, -0.05) is 62.1 Å². The van der Waals surface area contributed by atoms with Crippen molar-refractivity contribution in [1.29, 1.82) is 0 Å². The van der Waals surface area contributed by atoms with E-state index in [0.29, 0.717) is 17.2 Å². The third-order valence-corrected chi connectivity index (χ3v) is 6.64. The molecule has 3 aromatic carbocycles. The summed E-state index contributed by atoms with van der Waals surface area (Å²) in [5.74, 6) is 0.568. The van der Waals surface area contributed by atoms with Crippen molar-refractivity contribution < 1.29 is 34.4 Å². The Morgan fingerprint density at radius 2 is 1.73 bits per heavy atom. The Morgan fingerprint density at radius 1 is 0.975 bits per heavy atom. The Morgan fingerprint density at radius 3 is 2.42 bits per heavy atom. The van der Waals surface area contributed by atoms with E-state index in [1.165, 1.54) is 23.9 Å². The monoisotopic (exact) mass is 708 g/mol. The molecule has 0 bridgehead atoms. The second-order valence-electron chi connectivity index (χ2n) is 10.4. The number of nitrogens with zero attached hydrogens (tertiary/aromatic N) is 2. The molecular weight excluding hydrogens is 677 g/mol. The van der Waals surface area contributed by atoms with Gasteiger partial charge >= 0.3 is 0 Å². The van der Waals surface area contributed by atoms with Gasteiger partial charge in [0.25, 0.3) is 0 Å². The van der Waals surface area contributed by atoms with Gasteiger partial charge in [-0.15, -0.1) is 17.7 Å². The van der Waals surface area contributed by atoms with Crippen LogP contribution in [0.5, 0.6) is 5.75 Å². The van der Waals surface area contributed by atoms with Crippen molar-refractivity contribution in [1.82, 2.24) is 9.97 Å². The molecule has 6 rings (SSSR count). The first-order chi connectivity index (χ1) is 18.7. The van der Waals surface area contributed by atoms with Gasteiger partial charge in [0.05, 0.1) is 11.1 Å². The van der Waals surface area contributed by atoms with Crippen LogP contribution in [0.2, 0.25) is 0 Å². The van der Waals surface area contributed by atoms with Crippen LogP contribution in [-0.4, -0.2) is 20.9 Å². The summed E-state index contributed by atoms with van der Waals surface area (Å²) in [6.45, 7) is 9.96. The maximum Gasteiger partial charge on any atom is 0.216 e. The van der Waals surface area contributed by atoms with Gasteiger partial charge in [-0.3, -0.25) is 4.79 Å². The fraction of sp³-hybridized carbons (Fsp3) is 0.206. The number of fused-ring (bicyclic) bond motifs is 4. The fourth-order valence-electron chi connectivity index (χ4n) is 4.89. The first kappa shape index (κ1) is 29.1. The molecule has 3 heterocycles. The summed E-state index contributed by atoms with van der Waals surface area (Å²) in [5, 5.41) is 13.5. The van der Waals surface area contributed by atoms with Crippen LogP contribution in [0.1, 0.15) is 48.0 Å². The number of hydrogen-bond donors (Lipinski definition) is 1. The smallest absolute Gasteiger partial charge is 0.216 e. The van der Waals surface area contributed by atoms with E-state index in [2.05, 4.69) is 68.2 Å². The van der Waals surface area contributed by atoms with E-state index in [4.69, 9.17) is 14.5 Å². The third-order valence-electron chi connectivity index (χ3n) is 6.64. The number of aromatic nitrogens is 2. The molecule has 1 N–H and O–H groups in total. The van der Waals surface area contributed by atoms with E-state index in [1.54, 1.807) is 18.2 Å². The molecule has 3 aromatic heterocycles. The second kappa shape index (κ2) is 12.1. The quantitative estimate of drug-likeness (QED) is 0.147. The molecule has 0 saturated heterocycles. The molecule has 0 aliphatic rings. The molecule has 0 fully saturated rings. The predicted molar refractivity (Wildman–Crippen MR) is 157 cm³/mol. The van der Waals surface area contributed by atoms with Crippen LogP contribution in [0, 0.1) is 25.8 Å². The van der Waals surface area contributed by atoms with E-state index in [-0.39, 0.29) is 31.6 Å². The van der Waals surface area contributed by atoms with Crippen LogP contribution in [0.3, 0.4) is 0 Å². The predicted octanol–water partition coefficient (Wildman–Crippen LogP) is 8.40. The number of phenolic OH excluding ortho intramolecular Hbond substituents is 1. The van der Waals surface area contributed by atoms with Crippen LogP contribution in [-0.2, 0) is 26.5 Å². The minimum atomic E-state index is -0.113. The van der Waals surface area contributed by atoms with Crippen molar-refractivity contribution >= 4 is 38.6 Å². The summed E-state index contributed by atoms with van der Waals surface area (Å²) in [5.41, 5.74) is 7.01. The summed E-state index contributed by atoms with van der Waals surface area (Å²) in [4.78, 5) is 20.0. The number of phenols is 1. The Labute approximate surface area is 247 Å². The van der Waals surface area contributed by atoms with E-state index < -0.39 is 0 Å². The van der Waals surface area contributed by atoms with Crippen molar-refractivity contribution in [3.8, 4) is 17.0 Å². The molecule has 0 aliphatic heterocycles. The van der Waals surface area contributed by atoms with Gasteiger partial charge in [-0.2, -0.15) is 0 Å². The molecule has 0 unspecified atom stereocenters. The number of Topliss-reactive ketones (excluding diaryl/α,β-unsaturated/α-hetero) is 1. The largest absolute Gasteiger partial charge is 0.507 e. The molecule has 0 aliphatic carbocycles. The SMILES string of the molecule is CC(=O)c1ccccc1O.Cc1[c-]c(-c2nccc3cc(CC(C)C)ccc23)c2oc3nc(C)ccc3c2c1.[Ir]. The molecule has 0 amide bonds. The zero-order chi connectivity index (χ0) is 27.7. The van der Waals surface area contributed by atoms with Gasteiger partial charge in [-0.25, -0.2) is 4.98 Å². The standard InChI is InChI=1S/C26H23N2O.C8H8O2.Ir/c1-15(2)11-18-6-8-20-19(14-18)9-10-27-24(20)23-13-16(3)12-22-21-7-5-17(4)28-26(21)29-25(22)23;1-6(9)7-4-2-3-5-8(7)10;/h5-10,12,14-15H,11H2,1-4H3;2-5,10H,1H3;/q-1;;. The summed E-state index contributed by atoms with van der Waals surface area (Å²) in [6, 6.07) is 25.0. The van der Waals surface area contributed by atoms with Crippen LogP contribution >= 0.6 is 0 Å². The average Bonchev–Trinajstić information content (AvgIpc) is 3.25. The van der Waals surface area contributed by atoms with E-state index in [0.717, 1.165) is 50.7 Å². The summed E-state index contributed by atoms with van der Waals surface area (Å²) in [7, 11) is 0. The maximum absolute atomic E-state index is 10.7. The molecule has 1 radical (unpaired) electrons. The van der Waals surface area contributed by atoms with Crippen molar-refractivity contribution in [2.24, 2.45) is 5.92 Å². The van der Waals surface area contributed by atoms with Crippen molar-refractivity contribution in [2.45, 2.75) is 41.0 Å². The number of para-hydroxylation sites is 1. The molecule has 0 spiro atoms. The van der Waals surface area contributed by atoms with Crippen molar-refractivity contribution in [3.63, 3.8) is 0 Å². The number of ketones is 1. The summed E-state index contributed by atoms with van der Waals surface area (Å²) >= 11 is 0. The minimum absolute atomic E-state index is 0. The zero-order valence-corrected chi connectivity index (χ0v) is 25.6. The third kappa shape index (κ3) is 5.99. The Balaban J connectivity index is 0.000000287. The number of rotatable bonds is 4. The minimum Gasteiger partial charge on any atom is -0.507 e. The number of aromatic hydroxyl groups is 1. The number of aryl methyl sites for hydroxylation is 2. The first-order valence-electron chi connectivity index (χ1n) is 13.1.